The molecule has 0 unspecified atom stereocenters. The van der Waals surface area contributed by atoms with Gasteiger partial charge in [0.1, 0.15) is 5.75 Å². The van der Waals surface area contributed by atoms with E-state index in [9.17, 15) is 4.79 Å². The molecule has 0 aliphatic rings. The maximum absolute atomic E-state index is 11.7. The molecule has 4 heteroatoms. The van der Waals surface area contributed by atoms with Crippen LogP contribution in [0.15, 0.2) is 23.0 Å². The Hall–Kier alpha value is -1.84. The molecule has 0 saturated heterocycles. The third kappa shape index (κ3) is 2.02. The van der Waals surface area contributed by atoms with Gasteiger partial charge in [0.25, 0.3) is 5.56 Å². The van der Waals surface area contributed by atoms with Crippen molar-refractivity contribution in [2.75, 3.05) is 7.11 Å². The maximum atomic E-state index is 11.7. The van der Waals surface area contributed by atoms with Crippen LogP contribution in [0.2, 0.25) is 0 Å². The smallest absolute Gasteiger partial charge is 0.272 e. The van der Waals surface area contributed by atoms with Gasteiger partial charge in [-0.1, -0.05) is 20.8 Å². The van der Waals surface area contributed by atoms with Crippen molar-refractivity contribution in [3.63, 3.8) is 0 Å². The number of methoxy groups -OCH3 is 1. The fourth-order valence-electron chi connectivity index (χ4n) is 1.84. The van der Waals surface area contributed by atoms with Gasteiger partial charge in [-0.05, 0) is 18.2 Å². The second-order valence-electron chi connectivity index (χ2n) is 5.06. The van der Waals surface area contributed by atoms with Crippen molar-refractivity contribution in [1.82, 2.24) is 10.2 Å². The first kappa shape index (κ1) is 11.6. The summed E-state index contributed by atoms with van der Waals surface area (Å²) in [5.41, 5.74) is 0.566. The van der Waals surface area contributed by atoms with E-state index in [-0.39, 0.29) is 11.0 Å². The summed E-state index contributed by atoms with van der Waals surface area (Å²) in [6.07, 6.45) is 0. The van der Waals surface area contributed by atoms with E-state index < -0.39 is 0 Å². The highest BCUT2D eigenvalue weighted by Gasteiger charge is 2.20. The van der Waals surface area contributed by atoms with E-state index >= 15 is 0 Å². The van der Waals surface area contributed by atoms with Crippen LogP contribution in [-0.2, 0) is 5.41 Å². The van der Waals surface area contributed by atoms with Gasteiger partial charge in [-0.2, -0.15) is 5.10 Å². The lowest BCUT2D eigenvalue weighted by atomic mass is 9.89. The van der Waals surface area contributed by atoms with Crippen LogP contribution in [0.5, 0.6) is 5.75 Å². The molecule has 90 valence electrons. The molecular weight excluding hydrogens is 216 g/mol. The Morgan fingerprint density at radius 2 is 1.94 bits per heavy atom. The molecule has 0 spiro atoms. The number of aromatic nitrogens is 2. The first-order valence-electron chi connectivity index (χ1n) is 5.50. The van der Waals surface area contributed by atoms with Crippen LogP contribution in [-0.4, -0.2) is 17.3 Å². The average molecular weight is 232 g/mol. The van der Waals surface area contributed by atoms with Crippen LogP contribution in [0.4, 0.5) is 0 Å². The Bertz CT molecular complexity index is 609. The number of ether oxygens (including phenoxy) is 1. The summed E-state index contributed by atoms with van der Waals surface area (Å²) in [7, 11) is 1.61. The third-order valence-corrected chi connectivity index (χ3v) is 2.71. The van der Waals surface area contributed by atoms with Gasteiger partial charge in [-0.15, -0.1) is 0 Å². The summed E-state index contributed by atoms with van der Waals surface area (Å²) in [6.45, 7) is 6.19. The number of hydrogen-bond donors (Lipinski definition) is 1. The summed E-state index contributed by atoms with van der Waals surface area (Å²) in [4.78, 5) is 11.7. The van der Waals surface area contributed by atoms with E-state index in [0.29, 0.717) is 5.39 Å². The van der Waals surface area contributed by atoms with Gasteiger partial charge >= 0.3 is 0 Å². The number of H-pyrrole nitrogens is 1. The van der Waals surface area contributed by atoms with Crippen LogP contribution < -0.4 is 10.3 Å². The highest BCUT2D eigenvalue weighted by atomic mass is 16.5. The van der Waals surface area contributed by atoms with Crippen molar-refractivity contribution in [2.45, 2.75) is 26.2 Å². The Labute approximate surface area is 99.6 Å². The number of rotatable bonds is 1. The minimum absolute atomic E-state index is 0.130. The van der Waals surface area contributed by atoms with Gasteiger partial charge < -0.3 is 4.74 Å². The molecule has 0 fully saturated rings. The summed E-state index contributed by atoms with van der Waals surface area (Å²) in [6, 6.07) is 5.41. The first-order chi connectivity index (χ1) is 7.93. The zero-order valence-electron chi connectivity index (χ0n) is 10.5. The van der Waals surface area contributed by atoms with Crippen LogP contribution in [0.25, 0.3) is 10.8 Å². The zero-order chi connectivity index (χ0) is 12.6. The van der Waals surface area contributed by atoms with Crippen LogP contribution in [0.1, 0.15) is 26.5 Å². The van der Waals surface area contributed by atoms with Gasteiger partial charge in [0.05, 0.1) is 18.2 Å². The second kappa shape index (κ2) is 3.87. The quantitative estimate of drug-likeness (QED) is 0.820. The third-order valence-electron chi connectivity index (χ3n) is 2.71. The lowest BCUT2D eigenvalue weighted by Gasteiger charge is -2.19. The lowest BCUT2D eigenvalue weighted by molar-refractivity contribution is 0.415. The summed E-state index contributed by atoms with van der Waals surface area (Å²) in [5.74, 6) is 0.732. The van der Waals surface area contributed by atoms with Crippen molar-refractivity contribution in [3.05, 3.63) is 34.2 Å². The largest absolute Gasteiger partial charge is 0.497 e. The molecule has 1 aromatic carbocycles. The molecule has 0 aliphatic heterocycles. The predicted octanol–water partition coefficient (Wildman–Crippen LogP) is 2.23. The van der Waals surface area contributed by atoms with Crippen molar-refractivity contribution in [2.24, 2.45) is 0 Å². The van der Waals surface area contributed by atoms with E-state index in [4.69, 9.17) is 4.74 Å². The first-order valence-corrected chi connectivity index (χ1v) is 5.50. The fraction of sp³-hybridized carbons (Fsp3) is 0.385. The zero-order valence-corrected chi connectivity index (χ0v) is 10.5. The minimum atomic E-state index is -0.171. The highest BCUT2D eigenvalue weighted by Crippen LogP contribution is 2.28. The van der Waals surface area contributed by atoms with E-state index in [1.165, 1.54) is 0 Å². The number of nitrogens with zero attached hydrogens (tertiary/aromatic N) is 1. The summed E-state index contributed by atoms with van der Waals surface area (Å²) in [5, 5.41) is 8.19. The molecule has 0 bridgehead atoms. The molecular formula is C13H16N2O2. The van der Waals surface area contributed by atoms with Crippen molar-refractivity contribution in [1.29, 1.82) is 0 Å². The van der Waals surface area contributed by atoms with E-state index in [0.717, 1.165) is 16.8 Å². The molecule has 0 atom stereocenters. The molecule has 1 aromatic heterocycles. The number of aromatic amines is 1. The van der Waals surface area contributed by atoms with Crippen LogP contribution in [0.3, 0.4) is 0 Å². The van der Waals surface area contributed by atoms with Gasteiger partial charge in [-0.25, -0.2) is 5.10 Å². The molecule has 0 radical (unpaired) electrons. The molecule has 17 heavy (non-hydrogen) atoms. The molecule has 4 nitrogen and oxygen atoms in total. The fourth-order valence-corrected chi connectivity index (χ4v) is 1.84. The molecule has 2 aromatic rings. The normalized spacial score (nSPS) is 11.8. The van der Waals surface area contributed by atoms with Gasteiger partial charge in [0.15, 0.2) is 0 Å². The van der Waals surface area contributed by atoms with Crippen LogP contribution in [0, 0.1) is 0 Å². The van der Waals surface area contributed by atoms with Crippen molar-refractivity contribution >= 4 is 10.8 Å². The maximum Gasteiger partial charge on any atom is 0.272 e. The summed E-state index contributed by atoms with van der Waals surface area (Å²) >= 11 is 0. The summed E-state index contributed by atoms with van der Waals surface area (Å²) < 4.78 is 5.19. The average Bonchev–Trinajstić information content (AvgIpc) is 2.27. The highest BCUT2D eigenvalue weighted by molar-refractivity contribution is 5.85. The Balaban J connectivity index is 2.86. The SMILES string of the molecule is COc1ccc2c(=O)[nH]nc(C(C)(C)C)c2c1. The van der Waals surface area contributed by atoms with E-state index in [1.54, 1.807) is 19.2 Å². The Morgan fingerprint density at radius 3 is 2.53 bits per heavy atom. The van der Waals surface area contributed by atoms with Crippen molar-refractivity contribution in [3.8, 4) is 5.75 Å². The molecule has 0 aliphatic carbocycles. The monoisotopic (exact) mass is 232 g/mol. The topological polar surface area (TPSA) is 55.0 Å². The molecule has 0 amide bonds. The lowest BCUT2D eigenvalue weighted by Crippen LogP contribution is -2.20. The molecule has 1 N–H and O–H groups in total. The molecule has 2 rings (SSSR count). The Morgan fingerprint density at radius 1 is 1.24 bits per heavy atom. The second-order valence-corrected chi connectivity index (χ2v) is 5.06. The van der Waals surface area contributed by atoms with Crippen molar-refractivity contribution < 1.29 is 4.74 Å². The van der Waals surface area contributed by atoms with Gasteiger partial charge in [-0.3, -0.25) is 4.79 Å². The molecule has 1 heterocycles. The Kier molecular flexibility index (Phi) is 2.65. The van der Waals surface area contributed by atoms with Gasteiger partial charge in [0, 0.05) is 10.8 Å². The number of hydrogen-bond acceptors (Lipinski definition) is 3. The van der Waals surface area contributed by atoms with E-state index in [2.05, 4.69) is 31.0 Å². The molecule has 0 saturated carbocycles. The standard InChI is InChI=1S/C13H16N2O2/c1-13(2,3)11-10-7-8(17-4)5-6-9(10)12(16)15-14-11/h5-7H,1-4H3,(H,15,16). The predicted molar refractivity (Wildman–Crippen MR) is 67.6 cm³/mol. The number of benzene rings is 1. The van der Waals surface area contributed by atoms with E-state index in [1.807, 2.05) is 6.07 Å². The number of fused-ring (bicyclic) bond motifs is 1. The van der Waals surface area contributed by atoms with Gasteiger partial charge in [0.2, 0.25) is 0 Å². The number of nitrogens with one attached hydrogen (secondary N) is 1. The minimum Gasteiger partial charge on any atom is -0.497 e. The van der Waals surface area contributed by atoms with Crippen LogP contribution >= 0.6 is 0 Å².